The van der Waals surface area contributed by atoms with E-state index in [1.165, 1.54) is 16.0 Å². The fourth-order valence-corrected chi connectivity index (χ4v) is 3.03. The fraction of sp³-hybridized carbons (Fsp3) is 0.211. The molecule has 0 radical (unpaired) electrons. The molecule has 1 atom stereocenters. The van der Waals surface area contributed by atoms with Crippen LogP contribution < -0.4 is 4.74 Å². The monoisotopic (exact) mass is 376 g/mol. The number of hydrogen-bond acceptors (Lipinski definition) is 7. The lowest BCUT2D eigenvalue weighted by Gasteiger charge is -2.19. The Kier molecular flexibility index (Phi) is 4.60. The minimum Gasteiger partial charge on any atom is -0.497 e. The van der Waals surface area contributed by atoms with Crippen LogP contribution in [0.2, 0.25) is 0 Å². The van der Waals surface area contributed by atoms with E-state index in [9.17, 15) is 4.79 Å². The summed E-state index contributed by atoms with van der Waals surface area (Å²) in [5.41, 5.74) is 1.67. The van der Waals surface area contributed by atoms with E-state index in [2.05, 4.69) is 15.2 Å². The van der Waals surface area contributed by atoms with Gasteiger partial charge in [0.25, 0.3) is 11.7 Å². The second-order valence-electron chi connectivity index (χ2n) is 6.13. The summed E-state index contributed by atoms with van der Waals surface area (Å²) in [5.74, 6) is 1.13. The van der Waals surface area contributed by atoms with Crippen molar-refractivity contribution in [1.82, 2.24) is 19.8 Å². The first-order valence-electron chi connectivity index (χ1n) is 8.55. The molecule has 2 aromatic heterocycles. The molecule has 3 heterocycles. The van der Waals surface area contributed by atoms with Crippen molar-refractivity contribution in [3.63, 3.8) is 0 Å². The standard InChI is InChI=1S/C19H16N6O3/c1-27-14-6-4-13(5-7-14)15-9-16(17-3-2-8-28-17)25(22-15)19(26)11-24-12-21-18(10-20)23-24/h2-8,12,16H,9,11H2,1H3/t16-/m1/s1. The van der Waals surface area contributed by atoms with Crippen LogP contribution in [0.3, 0.4) is 0 Å². The molecule has 1 aromatic carbocycles. The Bertz CT molecular complexity index is 1050. The number of carbonyl (C=O) groups excluding carboxylic acids is 1. The number of rotatable bonds is 5. The second kappa shape index (κ2) is 7.36. The van der Waals surface area contributed by atoms with Crippen molar-refractivity contribution in [3.8, 4) is 11.8 Å². The van der Waals surface area contributed by atoms with Crippen molar-refractivity contribution < 1.29 is 13.9 Å². The van der Waals surface area contributed by atoms with Gasteiger partial charge in [-0.2, -0.15) is 10.4 Å². The predicted molar refractivity (Wildman–Crippen MR) is 97.2 cm³/mol. The number of hydrazone groups is 1. The highest BCUT2D eigenvalue weighted by Crippen LogP contribution is 2.33. The van der Waals surface area contributed by atoms with E-state index in [0.29, 0.717) is 12.2 Å². The zero-order valence-electron chi connectivity index (χ0n) is 15.0. The minimum absolute atomic E-state index is 0.0132. The molecule has 0 saturated heterocycles. The third-order valence-electron chi connectivity index (χ3n) is 4.39. The Hall–Kier alpha value is -3.93. The average molecular weight is 376 g/mol. The van der Waals surface area contributed by atoms with E-state index in [4.69, 9.17) is 14.4 Å². The smallest absolute Gasteiger partial charge is 0.265 e. The van der Waals surface area contributed by atoms with Crippen LogP contribution in [0.25, 0.3) is 0 Å². The second-order valence-corrected chi connectivity index (χ2v) is 6.13. The van der Waals surface area contributed by atoms with Gasteiger partial charge in [0.1, 0.15) is 36.5 Å². The van der Waals surface area contributed by atoms with Crippen molar-refractivity contribution in [1.29, 1.82) is 5.26 Å². The number of nitriles is 1. The lowest BCUT2D eigenvalue weighted by atomic mass is 10.0. The molecule has 0 bridgehead atoms. The van der Waals surface area contributed by atoms with Crippen LogP contribution in [-0.2, 0) is 11.3 Å². The van der Waals surface area contributed by atoms with Crippen LogP contribution in [-0.4, -0.2) is 38.5 Å². The molecule has 4 rings (SSSR count). The maximum Gasteiger partial charge on any atom is 0.265 e. The van der Waals surface area contributed by atoms with Gasteiger partial charge in [-0.3, -0.25) is 4.79 Å². The number of hydrogen-bond donors (Lipinski definition) is 0. The lowest BCUT2D eigenvalue weighted by Crippen LogP contribution is -2.30. The number of ether oxygens (including phenoxy) is 1. The summed E-state index contributed by atoms with van der Waals surface area (Å²) in [6.07, 6.45) is 3.44. The Morgan fingerprint density at radius 2 is 2.18 bits per heavy atom. The summed E-state index contributed by atoms with van der Waals surface area (Å²) >= 11 is 0. The van der Waals surface area contributed by atoms with Crippen LogP contribution >= 0.6 is 0 Å². The Morgan fingerprint density at radius 3 is 2.82 bits per heavy atom. The van der Waals surface area contributed by atoms with Gasteiger partial charge in [0.05, 0.1) is 19.1 Å². The molecule has 9 nitrogen and oxygen atoms in total. The first-order chi connectivity index (χ1) is 13.7. The maximum atomic E-state index is 12.9. The van der Waals surface area contributed by atoms with E-state index in [1.807, 2.05) is 36.4 Å². The summed E-state index contributed by atoms with van der Waals surface area (Å²) < 4.78 is 12.0. The van der Waals surface area contributed by atoms with E-state index in [-0.39, 0.29) is 24.3 Å². The lowest BCUT2D eigenvalue weighted by molar-refractivity contribution is -0.134. The predicted octanol–water partition coefficient (Wildman–Crippen LogP) is 2.13. The van der Waals surface area contributed by atoms with Gasteiger partial charge in [-0.25, -0.2) is 14.7 Å². The molecular formula is C19H16N6O3. The summed E-state index contributed by atoms with van der Waals surface area (Å²) in [6, 6.07) is 12.6. The number of amides is 1. The zero-order chi connectivity index (χ0) is 19.5. The van der Waals surface area contributed by atoms with Gasteiger partial charge in [0.15, 0.2) is 0 Å². The molecule has 1 aliphatic heterocycles. The highest BCUT2D eigenvalue weighted by molar-refractivity contribution is 6.03. The Morgan fingerprint density at radius 1 is 1.36 bits per heavy atom. The largest absolute Gasteiger partial charge is 0.497 e. The average Bonchev–Trinajstić information content (AvgIpc) is 3.47. The minimum atomic E-state index is -0.349. The highest BCUT2D eigenvalue weighted by atomic mass is 16.5. The van der Waals surface area contributed by atoms with Crippen LogP contribution in [0.4, 0.5) is 0 Å². The Balaban J connectivity index is 1.61. The number of methoxy groups -OCH3 is 1. The number of benzene rings is 1. The van der Waals surface area contributed by atoms with Gasteiger partial charge >= 0.3 is 0 Å². The van der Waals surface area contributed by atoms with Crippen LogP contribution in [0.1, 0.15) is 29.6 Å². The van der Waals surface area contributed by atoms with Gasteiger partial charge < -0.3 is 9.15 Å². The van der Waals surface area contributed by atoms with Crippen LogP contribution in [0.5, 0.6) is 5.75 Å². The van der Waals surface area contributed by atoms with Crippen molar-refractivity contribution in [2.45, 2.75) is 19.0 Å². The third-order valence-corrected chi connectivity index (χ3v) is 4.39. The molecule has 3 aromatic rings. The molecule has 1 aliphatic rings. The van der Waals surface area contributed by atoms with E-state index >= 15 is 0 Å². The van der Waals surface area contributed by atoms with Crippen LogP contribution in [0.15, 0.2) is 58.5 Å². The quantitative estimate of drug-likeness (QED) is 0.675. The molecule has 1 amide bonds. The normalized spacial score (nSPS) is 15.9. The molecule has 28 heavy (non-hydrogen) atoms. The van der Waals surface area contributed by atoms with E-state index in [1.54, 1.807) is 19.4 Å². The first kappa shape index (κ1) is 17.5. The highest BCUT2D eigenvalue weighted by Gasteiger charge is 2.35. The molecule has 0 fully saturated rings. The van der Waals surface area contributed by atoms with Crippen molar-refractivity contribution in [2.24, 2.45) is 5.10 Å². The van der Waals surface area contributed by atoms with Crippen molar-refractivity contribution in [3.05, 3.63) is 66.1 Å². The molecular weight excluding hydrogens is 360 g/mol. The maximum absolute atomic E-state index is 12.9. The van der Waals surface area contributed by atoms with Crippen molar-refractivity contribution in [2.75, 3.05) is 7.11 Å². The Labute approximate surface area is 160 Å². The topological polar surface area (TPSA) is 110 Å². The zero-order valence-corrected chi connectivity index (χ0v) is 15.0. The summed E-state index contributed by atoms with van der Waals surface area (Å²) in [6.45, 7) is -0.0781. The van der Waals surface area contributed by atoms with Crippen molar-refractivity contribution >= 4 is 11.6 Å². The number of aromatic nitrogens is 3. The summed E-state index contributed by atoms with van der Waals surface area (Å²) in [4.78, 5) is 16.7. The van der Waals surface area contributed by atoms with Gasteiger partial charge in [-0.05, 0) is 42.0 Å². The summed E-state index contributed by atoms with van der Waals surface area (Å²) in [5, 5.41) is 18.7. The molecule has 0 spiro atoms. The van der Waals surface area contributed by atoms with Gasteiger partial charge in [0.2, 0.25) is 0 Å². The fourth-order valence-electron chi connectivity index (χ4n) is 3.03. The molecule has 0 unspecified atom stereocenters. The van der Waals surface area contributed by atoms with E-state index < -0.39 is 0 Å². The van der Waals surface area contributed by atoms with Gasteiger partial charge in [-0.15, -0.1) is 5.10 Å². The molecule has 9 heteroatoms. The number of carbonyl (C=O) groups is 1. The van der Waals surface area contributed by atoms with E-state index in [0.717, 1.165) is 17.0 Å². The van der Waals surface area contributed by atoms with Gasteiger partial charge in [-0.1, -0.05) is 0 Å². The molecule has 0 saturated carbocycles. The first-order valence-corrected chi connectivity index (χ1v) is 8.55. The van der Waals surface area contributed by atoms with Gasteiger partial charge in [0, 0.05) is 6.42 Å². The molecule has 0 N–H and O–H groups in total. The van der Waals surface area contributed by atoms with Crippen LogP contribution in [0, 0.1) is 11.3 Å². The summed E-state index contributed by atoms with van der Waals surface area (Å²) in [7, 11) is 1.61. The molecule has 0 aliphatic carbocycles. The number of nitrogens with zero attached hydrogens (tertiary/aromatic N) is 6. The third kappa shape index (κ3) is 3.35. The number of furan rings is 1. The molecule has 140 valence electrons. The SMILES string of the molecule is COc1ccc(C2=NN(C(=O)Cn3cnc(C#N)n3)[C@@H](c3ccco3)C2)cc1.